The third-order valence-corrected chi connectivity index (χ3v) is 5.88. The summed E-state index contributed by atoms with van der Waals surface area (Å²) in [6, 6.07) is 16.4. The predicted molar refractivity (Wildman–Crippen MR) is 133 cm³/mol. The Balaban J connectivity index is 1.60. The van der Waals surface area contributed by atoms with Crippen LogP contribution in [-0.2, 0) is 27.3 Å². The number of nitrogens with one attached hydrogen (secondary N) is 2. The van der Waals surface area contributed by atoms with Gasteiger partial charge in [0.05, 0.1) is 7.11 Å². The van der Waals surface area contributed by atoms with Crippen molar-refractivity contribution in [2.24, 2.45) is 0 Å². The average molecular weight is 464 g/mol. The Morgan fingerprint density at radius 2 is 1.85 bits per heavy atom. The van der Waals surface area contributed by atoms with Crippen LogP contribution in [-0.4, -0.2) is 47.2 Å². The molecule has 1 aromatic heterocycles. The maximum absolute atomic E-state index is 11.3. The molecule has 7 nitrogen and oxygen atoms in total. The molecule has 3 aromatic rings. The number of H-pyrrole nitrogens is 1. The third kappa shape index (κ3) is 7.86. The molecule has 0 atom stereocenters. The lowest BCUT2D eigenvalue weighted by atomic mass is 10.1. The highest BCUT2D eigenvalue weighted by Gasteiger charge is 2.10. The van der Waals surface area contributed by atoms with E-state index in [1.807, 2.05) is 18.2 Å². The van der Waals surface area contributed by atoms with Gasteiger partial charge in [0.15, 0.2) is 0 Å². The molecular formula is C27H33N3O4. The van der Waals surface area contributed by atoms with Crippen molar-refractivity contribution in [3.63, 3.8) is 0 Å². The van der Waals surface area contributed by atoms with E-state index in [-0.39, 0.29) is 5.97 Å². The van der Waals surface area contributed by atoms with Crippen molar-refractivity contribution in [3.05, 3.63) is 77.5 Å². The van der Waals surface area contributed by atoms with Crippen LogP contribution < -0.4 is 5.48 Å². The molecule has 0 aliphatic heterocycles. The number of aromatic amines is 1. The molecule has 180 valence electrons. The monoisotopic (exact) mass is 463 g/mol. The fourth-order valence-corrected chi connectivity index (χ4v) is 3.97. The van der Waals surface area contributed by atoms with Crippen LogP contribution in [0, 0.1) is 0 Å². The van der Waals surface area contributed by atoms with Crippen LogP contribution in [0.1, 0.15) is 42.4 Å². The van der Waals surface area contributed by atoms with Crippen molar-refractivity contribution in [2.75, 3.05) is 20.2 Å². The number of rotatable bonds is 13. The van der Waals surface area contributed by atoms with Crippen LogP contribution in [0.4, 0.5) is 0 Å². The molecular weight excluding hydrogens is 430 g/mol. The van der Waals surface area contributed by atoms with E-state index >= 15 is 0 Å². The van der Waals surface area contributed by atoms with Crippen LogP contribution in [0.15, 0.2) is 60.8 Å². The zero-order valence-electron chi connectivity index (χ0n) is 19.6. The van der Waals surface area contributed by atoms with E-state index in [2.05, 4.69) is 46.4 Å². The molecule has 3 N–H and O–H groups in total. The number of para-hydroxylation sites is 1. The van der Waals surface area contributed by atoms with Crippen molar-refractivity contribution in [3.8, 4) is 0 Å². The van der Waals surface area contributed by atoms with Crippen LogP contribution in [0.3, 0.4) is 0 Å². The van der Waals surface area contributed by atoms with Crippen LogP contribution >= 0.6 is 0 Å². The summed E-state index contributed by atoms with van der Waals surface area (Å²) in [5, 5.41) is 9.86. The second-order valence-corrected chi connectivity index (χ2v) is 8.32. The lowest BCUT2D eigenvalue weighted by Gasteiger charge is -2.22. The second kappa shape index (κ2) is 13.3. The Bertz CT molecular complexity index is 1090. The van der Waals surface area contributed by atoms with Crippen molar-refractivity contribution in [1.29, 1.82) is 0 Å². The van der Waals surface area contributed by atoms with Gasteiger partial charge in [-0.3, -0.25) is 19.7 Å². The molecule has 7 heteroatoms. The number of nitrogens with zero attached hydrogens (tertiary/aromatic N) is 1. The van der Waals surface area contributed by atoms with E-state index in [9.17, 15) is 9.59 Å². The zero-order valence-corrected chi connectivity index (χ0v) is 19.6. The maximum atomic E-state index is 11.3. The Morgan fingerprint density at radius 1 is 1.06 bits per heavy atom. The first-order valence-corrected chi connectivity index (χ1v) is 11.6. The van der Waals surface area contributed by atoms with Crippen molar-refractivity contribution < 1.29 is 19.5 Å². The molecule has 1 heterocycles. The molecule has 34 heavy (non-hydrogen) atoms. The molecule has 0 spiro atoms. The topological polar surface area (TPSA) is 94.7 Å². The number of methoxy groups -OCH3 is 1. The fourth-order valence-electron chi connectivity index (χ4n) is 3.97. The normalized spacial score (nSPS) is 11.4. The van der Waals surface area contributed by atoms with E-state index in [4.69, 9.17) is 9.94 Å². The molecule has 0 saturated heterocycles. The zero-order chi connectivity index (χ0) is 24.2. The highest BCUT2D eigenvalue weighted by atomic mass is 16.5. The lowest BCUT2D eigenvalue weighted by Crippen LogP contribution is -2.27. The maximum Gasteiger partial charge on any atom is 0.305 e. The van der Waals surface area contributed by atoms with Crippen molar-refractivity contribution in [2.45, 2.75) is 38.6 Å². The van der Waals surface area contributed by atoms with Crippen LogP contribution in [0.25, 0.3) is 17.0 Å². The second-order valence-electron chi connectivity index (χ2n) is 8.32. The molecule has 0 fully saturated rings. The molecule has 1 amide bonds. The number of fused-ring (bicyclic) bond motifs is 1. The number of amides is 1. The van der Waals surface area contributed by atoms with E-state index < -0.39 is 5.91 Å². The number of aromatic nitrogens is 1. The SMILES string of the molecule is COC(=O)CCCCCN(CCc1c[nH]c2ccccc12)Cc1ccc(/C=C/C(=O)NO)cc1. The lowest BCUT2D eigenvalue weighted by molar-refractivity contribution is -0.140. The third-order valence-electron chi connectivity index (χ3n) is 5.88. The number of ether oxygens (including phenoxy) is 1. The number of unbranched alkanes of at least 4 members (excludes halogenated alkanes) is 2. The van der Waals surface area contributed by atoms with Gasteiger partial charge in [-0.2, -0.15) is 0 Å². The summed E-state index contributed by atoms with van der Waals surface area (Å²) < 4.78 is 4.73. The first kappa shape index (κ1) is 25.2. The Labute approximate surface area is 200 Å². The van der Waals surface area contributed by atoms with E-state index in [0.717, 1.165) is 56.4 Å². The van der Waals surface area contributed by atoms with Crippen molar-refractivity contribution in [1.82, 2.24) is 15.4 Å². The summed E-state index contributed by atoms with van der Waals surface area (Å²) in [6.07, 6.45) is 9.30. The highest BCUT2D eigenvalue weighted by Crippen LogP contribution is 2.19. The van der Waals surface area contributed by atoms with Gasteiger partial charge in [0.1, 0.15) is 0 Å². The van der Waals surface area contributed by atoms with Gasteiger partial charge >= 0.3 is 5.97 Å². The van der Waals surface area contributed by atoms with Gasteiger partial charge in [0.25, 0.3) is 5.91 Å². The minimum Gasteiger partial charge on any atom is -0.469 e. The highest BCUT2D eigenvalue weighted by molar-refractivity contribution is 5.90. The number of esters is 1. The fraction of sp³-hybridized carbons (Fsp3) is 0.333. The first-order valence-electron chi connectivity index (χ1n) is 11.6. The molecule has 2 aromatic carbocycles. The quantitative estimate of drug-likeness (QED) is 0.114. The minimum atomic E-state index is -0.556. The number of hydroxylamine groups is 1. The number of carbonyl (C=O) groups is 2. The number of hydrogen-bond donors (Lipinski definition) is 3. The Hall–Kier alpha value is -3.42. The first-order chi connectivity index (χ1) is 16.6. The summed E-state index contributed by atoms with van der Waals surface area (Å²) in [7, 11) is 1.43. The smallest absolute Gasteiger partial charge is 0.305 e. The number of carbonyl (C=O) groups excluding carboxylic acids is 2. The van der Waals surface area contributed by atoms with E-state index in [0.29, 0.717) is 6.42 Å². The standard InChI is InChI=1S/C27H33N3O4/c1-34-27(32)9-3-2-6-17-30(18-16-23-19-28-25-8-5-4-7-24(23)25)20-22-12-10-21(11-13-22)14-15-26(31)29-33/h4-5,7-8,10-15,19,28,33H,2-3,6,9,16-18,20H2,1H3,(H,29,31)/b15-14+. The largest absolute Gasteiger partial charge is 0.469 e. The van der Waals surface area contributed by atoms with Gasteiger partial charge in [-0.1, -0.05) is 48.9 Å². The molecule has 0 unspecified atom stereocenters. The van der Waals surface area contributed by atoms with Gasteiger partial charge in [0, 0.05) is 42.7 Å². The average Bonchev–Trinajstić information content (AvgIpc) is 3.29. The van der Waals surface area contributed by atoms with Gasteiger partial charge in [0.2, 0.25) is 0 Å². The summed E-state index contributed by atoms with van der Waals surface area (Å²) >= 11 is 0. The molecule has 0 bridgehead atoms. The number of hydrogen-bond acceptors (Lipinski definition) is 5. The minimum absolute atomic E-state index is 0.151. The predicted octanol–water partition coefficient (Wildman–Crippen LogP) is 4.46. The van der Waals surface area contributed by atoms with Gasteiger partial charge in [-0.05, 0) is 54.6 Å². The Kier molecular flexibility index (Phi) is 9.88. The molecule has 0 aliphatic carbocycles. The summed E-state index contributed by atoms with van der Waals surface area (Å²) in [6.45, 7) is 2.69. The molecule has 3 rings (SSSR count). The molecule has 0 aliphatic rings. The summed E-state index contributed by atoms with van der Waals surface area (Å²) in [5.74, 6) is -0.707. The van der Waals surface area contributed by atoms with E-state index in [1.165, 1.54) is 29.7 Å². The van der Waals surface area contributed by atoms with Crippen LogP contribution in [0.2, 0.25) is 0 Å². The van der Waals surface area contributed by atoms with Crippen LogP contribution in [0.5, 0.6) is 0 Å². The summed E-state index contributed by atoms with van der Waals surface area (Å²) in [5.41, 5.74) is 6.14. The number of benzene rings is 2. The van der Waals surface area contributed by atoms with Gasteiger partial charge < -0.3 is 9.72 Å². The summed E-state index contributed by atoms with van der Waals surface area (Å²) in [4.78, 5) is 28.3. The van der Waals surface area contributed by atoms with E-state index in [1.54, 1.807) is 11.6 Å². The Morgan fingerprint density at radius 3 is 2.62 bits per heavy atom. The van der Waals surface area contributed by atoms with Gasteiger partial charge in [-0.15, -0.1) is 0 Å². The van der Waals surface area contributed by atoms with Gasteiger partial charge in [-0.25, -0.2) is 5.48 Å². The molecule has 0 radical (unpaired) electrons. The molecule has 0 saturated carbocycles. The van der Waals surface area contributed by atoms with Crippen molar-refractivity contribution >= 4 is 28.9 Å².